The first-order valence-electron chi connectivity index (χ1n) is 12.2. The third-order valence-electron chi connectivity index (χ3n) is 6.30. The van der Waals surface area contributed by atoms with Crippen molar-refractivity contribution in [3.05, 3.63) is 71.8 Å². The molecule has 1 fully saturated rings. The monoisotopic (exact) mass is 540 g/mol. The number of nitrogens with zero attached hydrogens (tertiary/aromatic N) is 1. The first kappa shape index (κ1) is 27.4. The highest BCUT2D eigenvalue weighted by Gasteiger charge is 2.40. The second-order valence-corrected chi connectivity index (χ2v) is 11.9. The average molecular weight is 541 g/mol. The number of nitrogens with one attached hydrogen (secondary N) is 1. The number of likely N-dealkylation sites (tertiary alicyclic amines) is 1. The molecule has 0 aliphatic carbocycles. The van der Waals surface area contributed by atoms with Crippen molar-refractivity contribution in [1.82, 2.24) is 9.62 Å². The molecule has 1 aliphatic heterocycles. The molecule has 1 heterocycles. The van der Waals surface area contributed by atoms with Gasteiger partial charge in [0.05, 0.1) is 25.2 Å². The minimum atomic E-state index is -3.87. The standard InChI is InChI=1S/C28H32N2O7S/c1-28(2,3)37-27(32)30-17-21(16-24(30)20-11-13-23(26(31)36-5)25(15-20)35-4)29-38(33,34)22-12-10-18-8-6-7-9-19(18)14-22/h6-15,21,24,29H,16-17H2,1-5H3/t21-,24-/m0/s1. The number of fused-ring (bicyclic) bond motifs is 1. The lowest BCUT2D eigenvalue weighted by Crippen LogP contribution is -2.40. The molecule has 0 spiro atoms. The second kappa shape index (κ2) is 10.6. The predicted molar refractivity (Wildman–Crippen MR) is 143 cm³/mol. The fourth-order valence-electron chi connectivity index (χ4n) is 4.58. The van der Waals surface area contributed by atoms with Gasteiger partial charge in [0.1, 0.15) is 16.9 Å². The topological polar surface area (TPSA) is 111 Å². The number of rotatable bonds is 6. The van der Waals surface area contributed by atoms with E-state index in [1.807, 2.05) is 24.3 Å². The first-order valence-corrected chi connectivity index (χ1v) is 13.7. The summed E-state index contributed by atoms with van der Waals surface area (Å²) in [4.78, 5) is 26.9. The molecule has 9 nitrogen and oxygen atoms in total. The molecule has 0 radical (unpaired) electrons. The zero-order chi connectivity index (χ0) is 27.7. The van der Waals surface area contributed by atoms with Crippen LogP contribution in [0, 0.1) is 0 Å². The Balaban J connectivity index is 1.64. The molecule has 0 bridgehead atoms. The summed E-state index contributed by atoms with van der Waals surface area (Å²) in [6.07, 6.45) is -0.266. The van der Waals surface area contributed by atoms with Crippen molar-refractivity contribution >= 4 is 32.9 Å². The average Bonchev–Trinajstić information content (AvgIpc) is 3.29. The Morgan fingerprint density at radius 3 is 2.34 bits per heavy atom. The molecule has 1 aliphatic rings. The lowest BCUT2D eigenvalue weighted by Gasteiger charge is -2.29. The van der Waals surface area contributed by atoms with E-state index in [-0.39, 0.29) is 17.0 Å². The molecule has 1 saturated heterocycles. The van der Waals surface area contributed by atoms with E-state index in [1.54, 1.807) is 57.2 Å². The van der Waals surface area contributed by atoms with Crippen LogP contribution >= 0.6 is 0 Å². The van der Waals surface area contributed by atoms with Crippen LogP contribution in [0.4, 0.5) is 4.79 Å². The van der Waals surface area contributed by atoms with Gasteiger partial charge < -0.3 is 14.2 Å². The van der Waals surface area contributed by atoms with E-state index < -0.39 is 39.8 Å². The summed E-state index contributed by atoms with van der Waals surface area (Å²) in [5.74, 6) is -0.261. The summed E-state index contributed by atoms with van der Waals surface area (Å²) in [5.41, 5.74) is 0.179. The lowest BCUT2D eigenvalue weighted by molar-refractivity contribution is 0.0221. The van der Waals surface area contributed by atoms with E-state index in [0.29, 0.717) is 17.7 Å². The van der Waals surface area contributed by atoms with Crippen molar-refractivity contribution in [3.8, 4) is 5.75 Å². The van der Waals surface area contributed by atoms with Gasteiger partial charge in [0.25, 0.3) is 0 Å². The van der Waals surface area contributed by atoms with Crippen LogP contribution in [0.5, 0.6) is 5.75 Å². The number of benzene rings is 3. The number of ether oxygens (including phenoxy) is 3. The van der Waals surface area contributed by atoms with Crippen LogP contribution in [0.15, 0.2) is 65.6 Å². The van der Waals surface area contributed by atoms with E-state index >= 15 is 0 Å². The van der Waals surface area contributed by atoms with Crippen molar-refractivity contribution in [3.63, 3.8) is 0 Å². The van der Waals surface area contributed by atoms with Gasteiger partial charge in [-0.05, 0) is 67.8 Å². The Kier molecular flexibility index (Phi) is 7.66. The Hall–Kier alpha value is -3.63. The van der Waals surface area contributed by atoms with Gasteiger partial charge in [0.15, 0.2) is 0 Å². The molecule has 0 aromatic heterocycles. The Labute approximate surface area is 222 Å². The first-order chi connectivity index (χ1) is 17.9. The van der Waals surface area contributed by atoms with Crippen LogP contribution in [0.2, 0.25) is 0 Å². The minimum absolute atomic E-state index is 0.105. The number of hydrogen-bond donors (Lipinski definition) is 1. The molecule has 0 unspecified atom stereocenters. The van der Waals surface area contributed by atoms with Gasteiger partial charge in [-0.25, -0.2) is 22.7 Å². The van der Waals surface area contributed by atoms with Crippen molar-refractivity contribution in [1.29, 1.82) is 0 Å². The summed E-state index contributed by atoms with van der Waals surface area (Å²) in [6.45, 7) is 5.41. The number of amides is 1. The van der Waals surface area contributed by atoms with Gasteiger partial charge in [0, 0.05) is 12.6 Å². The van der Waals surface area contributed by atoms with Crippen molar-refractivity contribution in [2.45, 2.75) is 49.8 Å². The van der Waals surface area contributed by atoms with Gasteiger partial charge in [-0.2, -0.15) is 0 Å². The maximum Gasteiger partial charge on any atom is 0.410 e. The number of carbonyl (C=O) groups is 2. The summed E-state index contributed by atoms with van der Waals surface area (Å²) in [5, 5.41) is 1.75. The molecule has 1 N–H and O–H groups in total. The molecule has 10 heteroatoms. The number of sulfonamides is 1. The highest BCUT2D eigenvalue weighted by atomic mass is 32.2. The fourth-order valence-corrected chi connectivity index (χ4v) is 5.85. The molecule has 3 aromatic carbocycles. The molecular weight excluding hydrogens is 508 g/mol. The van der Waals surface area contributed by atoms with Crippen LogP contribution in [0.1, 0.15) is 49.2 Å². The third-order valence-corrected chi connectivity index (χ3v) is 7.82. The summed E-state index contributed by atoms with van der Waals surface area (Å²) in [6, 6.07) is 16.3. The van der Waals surface area contributed by atoms with Crippen molar-refractivity contribution in [2.75, 3.05) is 20.8 Å². The molecular formula is C28H32N2O7S. The smallest absolute Gasteiger partial charge is 0.410 e. The minimum Gasteiger partial charge on any atom is -0.496 e. The van der Waals surface area contributed by atoms with Gasteiger partial charge in [-0.15, -0.1) is 0 Å². The highest BCUT2D eigenvalue weighted by molar-refractivity contribution is 7.89. The largest absolute Gasteiger partial charge is 0.496 e. The van der Waals surface area contributed by atoms with E-state index in [2.05, 4.69) is 4.72 Å². The summed E-state index contributed by atoms with van der Waals surface area (Å²) >= 11 is 0. The van der Waals surface area contributed by atoms with Crippen LogP contribution in [0.25, 0.3) is 10.8 Å². The number of esters is 1. The summed E-state index contributed by atoms with van der Waals surface area (Å²) in [7, 11) is -1.16. The predicted octanol–water partition coefficient (Wildman–Crippen LogP) is 4.66. The Morgan fingerprint density at radius 1 is 0.974 bits per heavy atom. The number of carbonyl (C=O) groups excluding carboxylic acids is 2. The molecule has 38 heavy (non-hydrogen) atoms. The van der Waals surface area contributed by atoms with Crippen LogP contribution < -0.4 is 9.46 Å². The third kappa shape index (κ3) is 5.92. The van der Waals surface area contributed by atoms with E-state index in [1.165, 1.54) is 19.1 Å². The number of hydrogen-bond acceptors (Lipinski definition) is 7. The van der Waals surface area contributed by atoms with Gasteiger partial charge in [0.2, 0.25) is 10.0 Å². The molecule has 0 saturated carbocycles. The Bertz CT molecular complexity index is 1460. The quantitative estimate of drug-likeness (QED) is 0.453. The molecule has 3 aromatic rings. The maximum absolute atomic E-state index is 13.3. The molecule has 202 valence electrons. The van der Waals surface area contributed by atoms with Gasteiger partial charge >= 0.3 is 12.1 Å². The van der Waals surface area contributed by atoms with Crippen LogP contribution in [-0.2, 0) is 19.5 Å². The van der Waals surface area contributed by atoms with Crippen LogP contribution in [-0.4, -0.2) is 57.8 Å². The van der Waals surface area contributed by atoms with Crippen molar-refractivity contribution < 1.29 is 32.2 Å². The molecule has 4 rings (SSSR count). The highest BCUT2D eigenvalue weighted by Crippen LogP contribution is 2.36. The van der Waals surface area contributed by atoms with Gasteiger partial charge in [-0.3, -0.25) is 4.90 Å². The van der Waals surface area contributed by atoms with E-state index in [0.717, 1.165) is 10.8 Å². The fraction of sp³-hybridized carbons (Fsp3) is 0.357. The van der Waals surface area contributed by atoms with Crippen LogP contribution in [0.3, 0.4) is 0 Å². The van der Waals surface area contributed by atoms with E-state index in [4.69, 9.17) is 14.2 Å². The number of methoxy groups -OCH3 is 2. The zero-order valence-corrected chi connectivity index (χ0v) is 22.9. The van der Waals surface area contributed by atoms with Gasteiger partial charge in [-0.1, -0.05) is 36.4 Å². The van der Waals surface area contributed by atoms with E-state index in [9.17, 15) is 18.0 Å². The second-order valence-electron chi connectivity index (χ2n) is 10.2. The maximum atomic E-state index is 13.3. The zero-order valence-electron chi connectivity index (χ0n) is 22.1. The molecule has 1 amide bonds. The lowest BCUT2D eigenvalue weighted by atomic mass is 10.0. The molecule has 2 atom stereocenters. The summed E-state index contributed by atoms with van der Waals surface area (Å²) < 4.78 is 45.2. The normalized spacial score (nSPS) is 17.9. The Morgan fingerprint density at radius 2 is 1.68 bits per heavy atom. The SMILES string of the molecule is COC(=O)c1ccc([C@@H]2C[C@H](NS(=O)(=O)c3ccc4ccccc4c3)CN2C(=O)OC(C)(C)C)cc1OC. The van der Waals surface area contributed by atoms with Crippen molar-refractivity contribution in [2.24, 2.45) is 0 Å².